The third kappa shape index (κ3) is 4.11. The lowest BCUT2D eigenvalue weighted by Crippen LogP contribution is -2.66. The molecule has 6 rings (SSSR count). The van der Waals surface area contributed by atoms with Crippen molar-refractivity contribution in [3.63, 3.8) is 0 Å². The molecule has 4 aliphatic rings. The van der Waals surface area contributed by atoms with Crippen LogP contribution in [0.25, 0.3) is 0 Å². The first-order valence-corrected chi connectivity index (χ1v) is 14.5. The molecule has 2 heterocycles. The largest absolute Gasteiger partial charge is 0.341 e. The number of amides is 2. The maximum Gasteiger partial charge on any atom is 0.233 e. The van der Waals surface area contributed by atoms with Crippen molar-refractivity contribution in [2.45, 2.75) is 82.5 Å². The molecule has 0 N–H and O–H groups in total. The molecule has 2 saturated carbocycles. The van der Waals surface area contributed by atoms with Gasteiger partial charge in [-0.1, -0.05) is 100 Å². The second-order valence-corrected chi connectivity index (χ2v) is 13.4. The lowest BCUT2D eigenvalue weighted by atomic mass is 9.64. The van der Waals surface area contributed by atoms with Crippen molar-refractivity contribution in [1.29, 1.82) is 0 Å². The molecule has 0 radical (unpaired) electrons. The molecule has 2 aliphatic carbocycles. The maximum atomic E-state index is 14.3. The molecule has 0 atom stereocenters. The number of carbonyl (C=O) groups excluding carboxylic acids is 2. The van der Waals surface area contributed by atoms with Crippen LogP contribution < -0.4 is 0 Å². The van der Waals surface area contributed by atoms with Crippen molar-refractivity contribution >= 4 is 11.8 Å². The van der Waals surface area contributed by atoms with Crippen molar-refractivity contribution in [3.05, 3.63) is 71.8 Å². The topological polar surface area (TPSA) is 40.6 Å². The van der Waals surface area contributed by atoms with Gasteiger partial charge in [0.25, 0.3) is 0 Å². The lowest BCUT2D eigenvalue weighted by Gasteiger charge is -2.58. The van der Waals surface area contributed by atoms with E-state index in [4.69, 9.17) is 0 Å². The summed E-state index contributed by atoms with van der Waals surface area (Å²) in [7, 11) is 0. The van der Waals surface area contributed by atoms with E-state index in [1.54, 1.807) is 0 Å². The van der Waals surface area contributed by atoms with E-state index in [9.17, 15) is 9.59 Å². The molecule has 2 saturated heterocycles. The zero-order valence-electron chi connectivity index (χ0n) is 22.7. The van der Waals surface area contributed by atoms with Crippen molar-refractivity contribution in [3.8, 4) is 0 Å². The van der Waals surface area contributed by atoms with Crippen molar-refractivity contribution in [2.24, 2.45) is 10.8 Å². The van der Waals surface area contributed by atoms with E-state index >= 15 is 0 Å². The fourth-order valence-corrected chi connectivity index (χ4v) is 8.92. The minimum absolute atomic E-state index is 0.0798. The van der Waals surface area contributed by atoms with Gasteiger partial charge in [0.15, 0.2) is 0 Å². The maximum absolute atomic E-state index is 14.3. The minimum Gasteiger partial charge on any atom is -0.341 e. The van der Waals surface area contributed by atoms with Crippen LogP contribution in [0.4, 0.5) is 0 Å². The van der Waals surface area contributed by atoms with Crippen molar-refractivity contribution < 1.29 is 9.59 Å². The van der Waals surface area contributed by atoms with Crippen LogP contribution in [0, 0.1) is 10.8 Å². The smallest absolute Gasteiger partial charge is 0.233 e. The average molecular weight is 499 g/mol. The Balaban J connectivity index is 1.27. The Morgan fingerprint density at radius 2 is 0.892 bits per heavy atom. The standard InChI is InChI=1S/C33H42N2O2/c1-30-21-31(2,24-34(22-30)28(36)32(17-9-10-18-32)26-13-5-3-6-14-26)25-35(23-30)29(37)33(19-11-12-20-33)27-15-7-4-8-16-27/h3-8,13-16H,9-12,17-25H2,1-2H3. The lowest BCUT2D eigenvalue weighted by molar-refractivity contribution is -0.159. The molecule has 4 nitrogen and oxygen atoms in total. The number of fused-ring (bicyclic) bond motifs is 2. The third-order valence-corrected chi connectivity index (χ3v) is 10.1. The predicted octanol–water partition coefficient (Wildman–Crippen LogP) is 6.10. The van der Waals surface area contributed by atoms with E-state index in [1.165, 1.54) is 11.1 Å². The highest BCUT2D eigenvalue weighted by Gasteiger charge is 2.56. The quantitative estimate of drug-likeness (QED) is 0.511. The van der Waals surface area contributed by atoms with E-state index in [2.05, 4.69) is 72.2 Å². The first-order valence-electron chi connectivity index (χ1n) is 14.5. The van der Waals surface area contributed by atoms with Gasteiger partial charge in [0.1, 0.15) is 0 Å². The molecule has 2 bridgehead atoms. The van der Waals surface area contributed by atoms with E-state index < -0.39 is 0 Å². The molecule has 2 aliphatic heterocycles. The van der Waals surface area contributed by atoms with Crippen LogP contribution in [0.2, 0.25) is 0 Å². The Kier molecular flexibility index (Phi) is 6.00. The molecule has 4 heteroatoms. The Hall–Kier alpha value is -2.62. The molecule has 2 amide bonds. The Morgan fingerprint density at radius 3 is 1.22 bits per heavy atom. The van der Waals surface area contributed by atoms with Crippen molar-refractivity contribution in [1.82, 2.24) is 9.80 Å². The number of hydrogen-bond acceptors (Lipinski definition) is 2. The summed E-state index contributed by atoms with van der Waals surface area (Å²) >= 11 is 0. The summed E-state index contributed by atoms with van der Waals surface area (Å²) in [6.45, 7) is 7.63. The van der Waals surface area contributed by atoms with Crippen molar-refractivity contribution in [2.75, 3.05) is 26.2 Å². The summed E-state index contributed by atoms with van der Waals surface area (Å²) in [4.78, 5) is 33.1. The minimum atomic E-state index is -0.379. The van der Waals surface area contributed by atoms with E-state index in [0.717, 1.165) is 84.0 Å². The fourth-order valence-electron chi connectivity index (χ4n) is 8.92. The number of carbonyl (C=O) groups is 2. The summed E-state index contributed by atoms with van der Waals surface area (Å²) in [6.07, 6.45) is 9.34. The molecule has 4 fully saturated rings. The van der Waals surface area contributed by atoms with Crippen LogP contribution in [0.5, 0.6) is 0 Å². The number of likely N-dealkylation sites (tertiary alicyclic amines) is 2. The Bertz CT molecular complexity index is 1040. The van der Waals surface area contributed by atoms with E-state index in [1.807, 2.05) is 12.1 Å². The zero-order valence-corrected chi connectivity index (χ0v) is 22.7. The SMILES string of the molecule is CC12CN(C(=O)C3(c4ccccc4)CCCC3)CC(C)(CN(C(=O)C3(c4ccccc4)CCCC3)C1)C2. The number of rotatable bonds is 4. The van der Waals surface area contributed by atoms with Gasteiger partial charge in [0.05, 0.1) is 10.8 Å². The molecule has 2 aromatic rings. The van der Waals surface area contributed by atoms with Gasteiger partial charge in [0, 0.05) is 37.0 Å². The van der Waals surface area contributed by atoms with Gasteiger partial charge in [-0.25, -0.2) is 0 Å². The predicted molar refractivity (Wildman–Crippen MR) is 147 cm³/mol. The van der Waals surface area contributed by atoms with Crippen LogP contribution in [0.3, 0.4) is 0 Å². The summed E-state index contributed by atoms with van der Waals surface area (Å²) in [5.41, 5.74) is 1.46. The Labute approximate surface area is 222 Å². The van der Waals surface area contributed by atoms with Crippen LogP contribution in [-0.4, -0.2) is 47.8 Å². The second-order valence-electron chi connectivity index (χ2n) is 13.4. The van der Waals surface area contributed by atoms with Crippen LogP contribution in [-0.2, 0) is 20.4 Å². The van der Waals surface area contributed by atoms with Crippen LogP contribution in [0.15, 0.2) is 60.7 Å². The number of benzene rings is 2. The summed E-state index contributed by atoms with van der Waals surface area (Å²) in [5.74, 6) is 0.648. The van der Waals surface area contributed by atoms with E-state index in [-0.39, 0.29) is 21.7 Å². The summed E-state index contributed by atoms with van der Waals surface area (Å²) < 4.78 is 0. The van der Waals surface area contributed by atoms with Gasteiger partial charge in [0.2, 0.25) is 11.8 Å². The average Bonchev–Trinajstić information content (AvgIpc) is 3.59. The van der Waals surface area contributed by atoms with Gasteiger partial charge < -0.3 is 9.80 Å². The summed E-state index contributed by atoms with van der Waals surface area (Å²) in [6, 6.07) is 21.0. The number of nitrogens with zero attached hydrogens (tertiary/aromatic N) is 2. The number of piperidine rings is 2. The first kappa shape index (κ1) is 24.7. The van der Waals surface area contributed by atoms with Gasteiger partial charge in [-0.3, -0.25) is 9.59 Å². The van der Waals surface area contributed by atoms with Gasteiger partial charge >= 0.3 is 0 Å². The molecule has 0 aromatic heterocycles. The molecular formula is C33H42N2O2. The first-order chi connectivity index (χ1) is 17.8. The van der Waals surface area contributed by atoms with E-state index in [0.29, 0.717) is 11.8 Å². The molecular weight excluding hydrogens is 456 g/mol. The molecule has 0 unspecified atom stereocenters. The van der Waals surface area contributed by atoms with Gasteiger partial charge in [-0.2, -0.15) is 0 Å². The number of hydrogen-bond donors (Lipinski definition) is 0. The van der Waals surface area contributed by atoms with Gasteiger partial charge in [-0.15, -0.1) is 0 Å². The molecule has 2 aromatic carbocycles. The van der Waals surface area contributed by atoms with Gasteiger partial charge in [-0.05, 0) is 43.2 Å². The van der Waals surface area contributed by atoms with Crippen LogP contribution >= 0.6 is 0 Å². The third-order valence-electron chi connectivity index (χ3n) is 10.1. The van der Waals surface area contributed by atoms with Crippen LogP contribution in [0.1, 0.15) is 82.8 Å². The highest BCUT2D eigenvalue weighted by molar-refractivity contribution is 5.90. The second kappa shape index (κ2) is 8.99. The molecule has 37 heavy (non-hydrogen) atoms. The zero-order chi connectivity index (χ0) is 25.7. The Morgan fingerprint density at radius 1 is 0.568 bits per heavy atom. The molecule has 196 valence electrons. The summed E-state index contributed by atoms with van der Waals surface area (Å²) in [5, 5.41) is 0. The highest BCUT2D eigenvalue weighted by atomic mass is 16.2. The monoisotopic (exact) mass is 498 g/mol. The fraction of sp³-hybridized carbons (Fsp3) is 0.576. The highest BCUT2D eigenvalue weighted by Crippen LogP contribution is 2.51. The molecule has 0 spiro atoms. The normalized spacial score (nSPS) is 30.3.